The van der Waals surface area contributed by atoms with Crippen molar-refractivity contribution in [2.24, 2.45) is 12.8 Å². The molecule has 5 heteroatoms. The normalized spacial score (nSPS) is 19.9. The molecule has 1 aromatic rings. The van der Waals surface area contributed by atoms with E-state index in [0.29, 0.717) is 0 Å². The minimum Gasteiger partial charge on any atom is -0.357 e. The molecule has 0 bridgehead atoms. The summed E-state index contributed by atoms with van der Waals surface area (Å²) in [6, 6.07) is 0. The minimum atomic E-state index is -0.253. The highest BCUT2D eigenvalue weighted by Crippen LogP contribution is 2.35. The van der Waals surface area contributed by atoms with Crippen LogP contribution in [0.5, 0.6) is 0 Å². The van der Waals surface area contributed by atoms with Crippen molar-refractivity contribution in [3.8, 4) is 0 Å². The van der Waals surface area contributed by atoms with Crippen LogP contribution in [-0.2, 0) is 12.6 Å². The molecule has 1 heterocycles. The summed E-state index contributed by atoms with van der Waals surface area (Å²) in [7, 11) is 3.79. The molecule has 0 saturated heterocycles. The van der Waals surface area contributed by atoms with E-state index in [2.05, 4.69) is 15.5 Å². The average molecular weight is 195 g/mol. The zero-order chi connectivity index (χ0) is 10.2. The SMILES string of the molecule is CNc1nnc(C2(N)CCCC2)n1C. The molecule has 0 radical (unpaired) electrons. The van der Waals surface area contributed by atoms with Gasteiger partial charge in [-0.1, -0.05) is 12.8 Å². The summed E-state index contributed by atoms with van der Waals surface area (Å²) in [5.41, 5.74) is 6.05. The number of nitrogens with one attached hydrogen (secondary N) is 1. The Labute approximate surface area is 83.7 Å². The molecule has 78 valence electrons. The van der Waals surface area contributed by atoms with Crippen molar-refractivity contribution in [1.29, 1.82) is 0 Å². The molecule has 0 unspecified atom stereocenters. The van der Waals surface area contributed by atoms with Crippen LogP contribution in [0.1, 0.15) is 31.5 Å². The fourth-order valence-corrected chi connectivity index (χ4v) is 2.21. The van der Waals surface area contributed by atoms with E-state index in [1.165, 1.54) is 12.8 Å². The van der Waals surface area contributed by atoms with Gasteiger partial charge in [0, 0.05) is 14.1 Å². The molecule has 0 spiro atoms. The first kappa shape index (κ1) is 9.45. The number of aromatic nitrogens is 3. The summed E-state index contributed by atoms with van der Waals surface area (Å²) in [5, 5.41) is 11.2. The van der Waals surface area contributed by atoms with Crippen LogP contribution in [0.15, 0.2) is 0 Å². The Bertz CT molecular complexity index is 324. The lowest BCUT2D eigenvalue weighted by atomic mass is 9.98. The third-order valence-electron chi connectivity index (χ3n) is 3.04. The Hall–Kier alpha value is -1.10. The topological polar surface area (TPSA) is 68.8 Å². The number of hydrogen-bond acceptors (Lipinski definition) is 4. The maximum atomic E-state index is 6.30. The van der Waals surface area contributed by atoms with Crippen LogP contribution < -0.4 is 11.1 Å². The molecule has 1 fully saturated rings. The molecule has 1 aliphatic rings. The van der Waals surface area contributed by atoms with Crippen LogP contribution in [0.3, 0.4) is 0 Å². The number of nitrogens with zero attached hydrogens (tertiary/aromatic N) is 3. The van der Waals surface area contributed by atoms with Gasteiger partial charge in [-0.2, -0.15) is 0 Å². The Kier molecular flexibility index (Phi) is 2.19. The van der Waals surface area contributed by atoms with Gasteiger partial charge in [-0.05, 0) is 12.8 Å². The van der Waals surface area contributed by atoms with E-state index in [0.717, 1.165) is 24.6 Å². The molecule has 0 aliphatic heterocycles. The molecule has 2 rings (SSSR count). The average Bonchev–Trinajstić information content (AvgIpc) is 2.73. The third kappa shape index (κ3) is 1.28. The second kappa shape index (κ2) is 3.24. The van der Waals surface area contributed by atoms with Gasteiger partial charge in [0.1, 0.15) is 0 Å². The van der Waals surface area contributed by atoms with Gasteiger partial charge < -0.3 is 11.1 Å². The summed E-state index contributed by atoms with van der Waals surface area (Å²) in [5.74, 6) is 1.68. The lowest BCUT2D eigenvalue weighted by molar-refractivity contribution is 0.417. The summed E-state index contributed by atoms with van der Waals surface area (Å²) < 4.78 is 1.95. The van der Waals surface area contributed by atoms with Gasteiger partial charge in [0.25, 0.3) is 0 Å². The van der Waals surface area contributed by atoms with Gasteiger partial charge in [-0.15, -0.1) is 10.2 Å². The summed E-state index contributed by atoms with van der Waals surface area (Å²) in [4.78, 5) is 0. The molecule has 0 amide bonds. The second-order valence-electron chi connectivity index (χ2n) is 4.02. The first-order valence-electron chi connectivity index (χ1n) is 5.04. The van der Waals surface area contributed by atoms with Crippen LogP contribution >= 0.6 is 0 Å². The first-order valence-corrected chi connectivity index (χ1v) is 5.04. The molecular weight excluding hydrogens is 178 g/mol. The highest BCUT2D eigenvalue weighted by molar-refractivity contribution is 5.26. The number of nitrogens with two attached hydrogens (primary N) is 1. The lowest BCUT2D eigenvalue weighted by Gasteiger charge is -2.21. The van der Waals surface area contributed by atoms with E-state index in [-0.39, 0.29) is 5.54 Å². The highest BCUT2D eigenvalue weighted by Gasteiger charge is 2.35. The molecule has 1 aliphatic carbocycles. The highest BCUT2D eigenvalue weighted by atomic mass is 15.3. The van der Waals surface area contributed by atoms with Crippen molar-refractivity contribution in [2.75, 3.05) is 12.4 Å². The van der Waals surface area contributed by atoms with E-state index in [4.69, 9.17) is 5.73 Å². The maximum absolute atomic E-state index is 6.30. The maximum Gasteiger partial charge on any atom is 0.224 e. The van der Waals surface area contributed by atoms with Crippen LogP contribution in [0, 0.1) is 0 Å². The van der Waals surface area contributed by atoms with E-state index < -0.39 is 0 Å². The molecule has 1 saturated carbocycles. The van der Waals surface area contributed by atoms with Crippen LogP contribution in [0.4, 0.5) is 5.95 Å². The monoisotopic (exact) mass is 195 g/mol. The smallest absolute Gasteiger partial charge is 0.224 e. The Morgan fingerprint density at radius 1 is 1.36 bits per heavy atom. The minimum absolute atomic E-state index is 0.253. The number of anilines is 1. The van der Waals surface area contributed by atoms with Gasteiger partial charge in [0.05, 0.1) is 5.54 Å². The van der Waals surface area contributed by atoms with Crippen molar-refractivity contribution in [1.82, 2.24) is 14.8 Å². The van der Waals surface area contributed by atoms with Crippen LogP contribution in [0.2, 0.25) is 0 Å². The summed E-state index contributed by atoms with van der Waals surface area (Å²) in [6.45, 7) is 0. The summed E-state index contributed by atoms with van der Waals surface area (Å²) >= 11 is 0. The molecule has 1 aromatic heterocycles. The molecule has 0 atom stereocenters. The molecule has 5 nitrogen and oxygen atoms in total. The van der Waals surface area contributed by atoms with E-state index >= 15 is 0 Å². The Balaban J connectivity index is 2.35. The van der Waals surface area contributed by atoms with Crippen molar-refractivity contribution >= 4 is 5.95 Å². The zero-order valence-corrected chi connectivity index (χ0v) is 8.75. The van der Waals surface area contributed by atoms with Crippen molar-refractivity contribution in [3.63, 3.8) is 0 Å². The van der Waals surface area contributed by atoms with Gasteiger partial charge in [0.2, 0.25) is 5.95 Å². The fraction of sp³-hybridized carbons (Fsp3) is 0.778. The Morgan fingerprint density at radius 3 is 2.50 bits per heavy atom. The zero-order valence-electron chi connectivity index (χ0n) is 8.75. The third-order valence-corrected chi connectivity index (χ3v) is 3.04. The van der Waals surface area contributed by atoms with Crippen molar-refractivity contribution in [3.05, 3.63) is 5.82 Å². The predicted molar refractivity (Wildman–Crippen MR) is 54.9 cm³/mol. The van der Waals surface area contributed by atoms with Crippen molar-refractivity contribution < 1.29 is 0 Å². The molecular formula is C9H17N5. The van der Waals surface area contributed by atoms with Crippen LogP contribution in [0.25, 0.3) is 0 Å². The largest absolute Gasteiger partial charge is 0.357 e. The molecule has 0 aromatic carbocycles. The van der Waals surface area contributed by atoms with Gasteiger partial charge >= 0.3 is 0 Å². The van der Waals surface area contributed by atoms with E-state index in [1.54, 1.807) is 0 Å². The Morgan fingerprint density at radius 2 is 2.00 bits per heavy atom. The van der Waals surface area contributed by atoms with Gasteiger partial charge in [-0.3, -0.25) is 4.57 Å². The van der Waals surface area contributed by atoms with Crippen LogP contribution in [-0.4, -0.2) is 21.8 Å². The lowest BCUT2D eigenvalue weighted by Crippen LogP contribution is -2.36. The van der Waals surface area contributed by atoms with Gasteiger partial charge in [-0.25, -0.2) is 0 Å². The summed E-state index contributed by atoms with van der Waals surface area (Å²) in [6.07, 6.45) is 4.42. The number of rotatable bonds is 2. The second-order valence-corrected chi connectivity index (χ2v) is 4.02. The van der Waals surface area contributed by atoms with E-state index in [9.17, 15) is 0 Å². The fourth-order valence-electron chi connectivity index (χ4n) is 2.21. The molecule has 3 N–H and O–H groups in total. The first-order chi connectivity index (χ1) is 6.67. The standard InChI is InChI=1S/C9H17N5/c1-11-8-13-12-7(14(8)2)9(10)5-3-4-6-9/h3-6,10H2,1-2H3,(H,11,13). The van der Waals surface area contributed by atoms with E-state index in [1.807, 2.05) is 18.7 Å². The molecule has 14 heavy (non-hydrogen) atoms. The van der Waals surface area contributed by atoms with Crippen molar-refractivity contribution in [2.45, 2.75) is 31.2 Å². The van der Waals surface area contributed by atoms with Gasteiger partial charge in [0.15, 0.2) is 5.82 Å². The number of hydrogen-bond donors (Lipinski definition) is 2. The quantitative estimate of drug-likeness (QED) is 0.724. The predicted octanol–water partition coefficient (Wildman–Crippen LogP) is 0.585.